The van der Waals surface area contributed by atoms with E-state index in [4.69, 9.17) is 10.6 Å². The Morgan fingerprint density at radius 1 is 1.38 bits per heavy atom. The Labute approximate surface area is 123 Å². The number of hydrogen-bond acceptors (Lipinski definition) is 4. The Morgan fingerprint density at radius 2 is 2.14 bits per heavy atom. The van der Waals surface area contributed by atoms with Crippen molar-refractivity contribution < 1.29 is 9.13 Å². The lowest BCUT2D eigenvalue weighted by atomic mass is 10.0. The van der Waals surface area contributed by atoms with Gasteiger partial charge in [0.1, 0.15) is 11.6 Å². The van der Waals surface area contributed by atoms with Gasteiger partial charge < -0.3 is 4.74 Å². The summed E-state index contributed by atoms with van der Waals surface area (Å²) in [6.07, 6.45) is 0.831. The lowest BCUT2D eigenvalue weighted by molar-refractivity contribution is 0.400. The number of benzene rings is 1. The van der Waals surface area contributed by atoms with Crippen LogP contribution < -0.4 is 16.0 Å². The van der Waals surface area contributed by atoms with E-state index < -0.39 is 0 Å². The van der Waals surface area contributed by atoms with Crippen LogP contribution in [0.5, 0.6) is 5.75 Å². The van der Waals surface area contributed by atoms with Crippen LogP contribution >= 0.6 is 0 Å². The Balaban J connectivity index is 2.53. The Bertz CT molecular complexity index is 612. The molecule has 3 N–H and O–H groups in total. The fourth-order valence-corrected chi connectivity index (χ4v) is 2.41. The van der Waals surface area contributed by atoms with Crippen LogP contribution in [0.15, 0.2) is 24.3 Å². The average molecular weight is 292 g/mol. The normalized spacial score (nSPS) is 12.4. The molecule has 0 aliphatic carbocycles. The molecule has 1 heterocycles. The van der Waals surface area contributed by atoms with Crippen molar-refractivity contribution in [2.24, 2.45) is 5.84 Å². The SMILES string of the molecule is CCc1cc(C(NN)c2cc(F)ccc2OC)n(CC)n1. The highest BCUT2D eigenvalue weighted by Gasteiger charge is 2.22. The molecular formula is C15H21FN4O. The molecule has 0 aliphatic heterocycles. The highest BCUT2D eigenvalue weighted by atomic mass is 19.1. The number of nitrogens with two attached hydrogens (primary N) is 1. The number of hydrogen-bond donors (Lipinski definition) is 2. The summed E-state index contributed by atoms with van der Waals surface area (Å²) < 4.78 is 20.8. The first kappa shape index (κ1) is 15.5. The van der Waals surface area contributed by atoms with Crippen molar-refractivity contribution in [1.82, 2.24) is 15.2 Å². The molecule has 2 aromatic rings. The Kier molecular flexibility index (Phi) is 4.93. The van der Waals surface area contributed by atoms with Crippen molar-refractivity contribution in [3.63, 3.8) is 0 Å². The maximum Gasteiger partial charge on any atom is 0.124 e. The zero-order valence-electron chi connectivity index (χ0n) is 12.6. The van der Waals surface area contributed by atoms with Gasteiger partial charge in [-0.05, 0) is 37.6 Å². The molecule has 1 aromatic heterocycles. The number of aromatic nitrogens is 2. The molecule has 0 bridgehead atoms. The predicted octanol–water partition coefficient (Wildman–Crippen LogP) is 2.17. The van der Waals surface area contributed by atoms with Crippen molar-refractivity contribution >= 4 is 0 Å². The summed E-state index contributed by atoms with van der Waals surface area (Å²) in [5.41, 5.74) is 5.26. The zero-order chi connectivity index (χ0) is 15.4. The monoisotopic (exact) mass is 292 g/mol. The van der Waals surface area contributed by atoms with Gasteiger partial charge in [-0.15, -0.1) is 0 Å². The van der Waals surface area contributed by atoms with Crippen LogP contribution in [0.2, 0.25) is 0 Å². The highest BCUT2D eigenvalue weighted by molar-refractivity contribution is 5.40. The number of nitrogens with one attached hydrogen (secondary N) is 1. The quantitative estimate of drug-likeness (QED) is 0.632. The summed E-state index contributed by atoms with van der Waals surface area (Å²) in [5.74, 6) is 5.97. The summed E-state index contributed by atoms with van der Waals surface area (Å²) in [5, 5.41) is 4.51. The first-order valence-electron chi connectivity index (χ1n) is 7.00. The van der Waals surface area contributed by atoms with Gasteiger partial charge in [0.05, 0.1) is 24.5 Å². The second-order valence-electron chi connectivity index (χ2n) is 4.72. The lowest BCUT2D eigenvalue weighted by Crippen LogP contribution is -2.31. The van der Waals surface area contributed by atoms with E-state index >= 15 is 0 Å². The van der Waals surface area contributed by atoms with Gasteiger partial charge in [0, 0.05) is 12.1 Å². The van der Waals surface area contributed by atoms with E-state index in [0.717, 1.165) is 17.8 Å². The number of rotatable bonds is 6. The lowest BCUT2D eigenvalue weighted by Gasteiger charge is -2.20. The van der Waals surface area contributed by atoms with Gasteiger partial charge in [0.2, 0.25) is 0 Å². The van der Waals surface area contributed by atoms with E-state index in [1.807, 2.05) is 24.6 Å². The number of ether oxygens (including phenoxy) is 1. The second kappa shape index (κ2) is 6.69. The van der Waals surface area contributed by atoms with Gasteiger partial charge in [0.15, 0.2) is 0 Å². The van der Waals surface area contributed by atoms with Crippen molar-refractivity contribution in [2.45, 2.75) is 32.9 Å². The third-order valence-electron chi connectivity index (χ3n) is 3.49. The second-order valence-corrected chi connectivity index (χ2v) is 4.72. The Morgan fingerprint density at radius 3 is 2.71 bits per heavy atom. The fourth-order valence-electron chi connectivity index (χ4n) is 2.41. The molecule has 1 unspecified atom stereocenters. The third kappa shape index (κ3) is 3.06. The van der Waals surface area contributed by atoms with E-state index in [9.17, 15) is 4.39 Å². The molecule has 2 rings (SSSR count). The van der Waals surface area contributed by atoms with E-state index in [0.29, 0.717) is 17.9 Å². The molecule has 21 heavy (non-hydrogen) atoms. The van der Waals surface area contributed by atoms with E-state index in [2.05, 4.69) is 10.5 Å². The Hall–Kier alpha value is -1.92. The number of halogens is 1. The third-order valence-corrected chi connectivity index (χ3v) is 3.49. The molecule has 6 heteroatoms. The van der Waals surface area contributed by atoms with Crippen LogP contribution in [0.3, 0.4) is 0 Å². The summed E-state index contributed by atoms with van der Waals surface area (Å²) >= 11 is 0. The van der Waals surface area contributed by atoms with Gasteiger partial charge in [-0.2, -0.15) is 5.10 Å². The minimum absolute atomic E-state index is 0.329. The van der Waals surface area contributed by atoms with Gasteiger partial charge in [-0.25, -0.2) is 9.82 Å². The topological polar surface area (TPSA) is 65.1 Å². The van der Waals surface area contributed by atoms with Gasteiger partial charge in [-0.3, -0.25) is 10.5 Å². The fraction of sp³-hybridized carbons (Fsp3) is 0.400. The first-order chi connectivity index (χ1) is 10.1. The smallest absolute Gasteiger partial charge is 0.124 e. The van der Waals surface area contributed by atoms with Gasteiger partial charge >= 0.3 is 0 Å². The minimum atomic E-state index is -0.386. The van der Waals surface area contributed by atoms with E-state index in [1.165, 1.54) is 12.1 Å². The van der Waals surface area contributed by atoms with E-state index in [1.54, 1.807) is 13.2 Å². The summed E-state index contributed by atoms with van der Waals surface area (Å²) in [6.45, 7) is 4.76. The summed E-state index contributed by atoms with van der Waals surface area (Å²) in [4.78, 5) is 0. The average Bonchev–Trinajstić information content (AvgIpc) is 2.91. The standard InChI is InChI=1S/C15H21FN4O/c1-4-11-9-13(20(5-2)19-11)15(18-17)12-8-10(16)6-7-14(12)21-3/h6-9,15,18H,4-5,17H2,1-3H3. The van der Waals surface area contributed by atoms with Crippen molar-refractivity contribution in [2.75, 3.05) is 7.11 Å². The molecule has 1 atom stereocenters. The highest BCUT2D eigenvalue weighted by Crippen LogP contribution is 2.30. The van der Waals surface area contributed by atoms with Crippen LogP contribution in [-0.4, -0.2) is 16.9 Å². The molecule has 114 valence electrons. The molecule has 0 saturated carbocycles. The minimum Gasteiger partial charge on any atom is -0.496 e. The van der Waals surface area contributed by atoms with Gasteiger partial charge in [0.25, 0.3) is 0 Å². The molecule has 0 amide bonds. The molecule has 1 aromatic carbocycles. The number of nitrogens with zero attached hydrogens (tertiary/aromatic N) is 2. The predicted molar refractivity (Wildman–Crippen MR) is 79.4 cm³/mol. The van der Waals surface area contributed by atoms with Crippen LogP contribution in [0, 0.1) is 5.82 Å². The number of methoxy groups -OCH3 is 1. The van der Waals surface area contributed by atoms with Crippen LogP contribution in [0.4, 0.5) is 4.39 Å². The van der Waals surface area contributed by atoms with Gasteiger partial charge in [-0.1, -0.05) is 6.92 Å². The zero-order valence-corrected chi connectivity index (χ0v) is 12.6. The molecule has 0 radical (unpaired) electrons. The maximum absolute atomic E-state index is 13.6. The number of hydrazine groups is 1. The molecule has 0 fully saturated rings. The molecule has 5 nitrogen and oxygen atoms in total. The largest absolute Gasteiger partial charge is 0.496 e. The summed E-state index contributed by atoms with van der Waals surface area (Å²) in [6, 6.07) is 6.00. The summed E-state index contributed by atoms with van der Waals surface area (Å²) in [7, 11) is 1.55. The van der Waals surface area contributed by atoms with Crippen molar-refractivity contribution in [1.29, 1.82) is 0 Å². The molecule has 0 spiro atoms. The molecular weight excluding hydrogens is 271 g/mol. The van der Waals surface area contributed by atoms with Crippen molar-refractivity contribution in [3.05, 3.63) is 47.0 Å². The molecule has 0 saturated heterocycles. The molecule has 0 aliphatic rings. The van der Waals surface area contributed by atoms with Crippen LogP contribution in [0.1, 0.15) is 36.8 Å². The van der Waals surface area contributed by atoms with E-state index in [-0.39, 0.29) is 11.9 Å². The van der Waals surface area contributed by atoms with Crippen LogP contribution in [-0.2, 0) is 13.0 Å². The number of aryl methyl sites for hydroxylation is 2. The van der Waals surface area contributed by atoms with Crippen LogP contribution in [0.25, 0.3) is 0 Å². The maximum atomic E-state index is 13.6. The first-order valence-corrected chi connectivity index (χ1v) is 7.00. The van der Waals surface area contributed by atoms with Crippen molar-refractivity contribution in [3.8, 4) is 5.75 Å².